The van der Waals surface area contributed by atoms with Crippen LogP contribution in [0.25, 0.3) is 0 Å². The molecule has 4 rings (SSSR count). The smallest absolute Gasteiger partial charge is 0.241 e. The summed E-state index contributed by atoms with van der Waals surface area (Å²) in [6, 6.07) is 13.5. The summed E-state index contributed by atoms with van der Waals surface area (Å²) >= 11 is 0. The molecule has 0 spiro atoms. The fourth-order valence-corrected chi connectivity index (χ4v) is 5.59. The van der Waals surface area contributed by atoms with E-state index in [4.69, 9.17) is 4.74 Å². The number of fused-ring (bicyclic) bond motifs is 1. The van der Waals surface area contributed by atoms with Crippen LogP contribution in [0.2, 0.25) is 0 Å². The maximum absolute atomic E-state index is 13.3. The lowest BCUT2D eigenvalue weighted by atomic mass is 9.92. The minimum atomic E-state index is -3.60. The molecular formula is C23H31N2O3S+. The van der Waals surface area contributed by atoms with Crippen molar-refractivity contribution in [1.82, 2.24) is 4.72 Å². The summed E-state index contributed by atoms with van der Waals surface area (Å²) in [7, 11) is -3.60. The standard InChI is InChI=1S/C23H30N2O3S/c1-18-6-8-20(9-7-18)23(17-25-12-14-28-15-13-25)24-29(26,27)22-11-10-19-4-2-3-5-21(19)16-22/h6-11,16,23-24H,2-5,12-15,17H2,1H3/p+1/t23-/m1/s1. The van der Waals surface area contributed by atoms with Gasteiger partial charge in [-0.1, -0.05) is 35.9 Å². The van der Waals surface area contributed by atoms with Gasteiger partial charge in [0, 0.05) is 0 Å². The Morgan fingerprint density at radius 2 is 1.69 bits per heavy atom. The highest BCUT2D eigenvalue weighted by atomic mass is 32.2. The number of hydrogen-bond acceptors (Lipinski definition) is 3. The zero-order valence-corrected chi connectivity index (χ0v) is 17.9. The molecule has 1 fully saturated rings. The molecule has 6 heteroatoms. The Morgan fingerprint density at radius 3 is 2.41 bits per heavy atom. The van der Waals surface area contributed by atoms with E-state index in [0.717, 1.165) is 57.7 Å². The number of quaternary nitrogens is 1. The highest BCUT2D eigenvalue weighted by Crippen LogP contribution is 2.25. The molecule has 0 amide bonds. The lowest BCUT2D eigenvalue weighted by Crippen LogP contribution is -3.14. The van der Waals surface area contributed by atoms with E-state index in [1.165, 1.54) is 28.0 Å². The number of aryl methyl sites for hydroxylation is 3. The van der Waals surface area contributed by atoms with E-state index < -0.39 is 10.0 Å². The highest BCUT2D eigenvalue weighted by Gasteiger charge is 2.27. The molecule has 1 atom stereocenters. The Hall–Kier alpha value is -1.73. The minimum absolute atomic E-state index is 0.260. The van der Waals surface area contributed by atoms with Gasteiger partial charge in [0.05, 0.1) is 30.7 Å². The van der Waals surface area contributed by atoms with Crippen molar-refractivity contribution in [3.05, 3.63) is 64.7 Å². The Labute approximate surface area is 174 Å². The molecule has 1 aliphatic carbocycles. The first-order chi connectivity index (χ1) is 14.0. The largest absolute Gasteiger partial charge is 0.370 e. The van der Waals surface area contributed by atoms with E-state index >= 15 is 0 Å². The highest BCUT2D eigenvalue weighted by molar-refractivity contribution is 7.89. The van der Waals surface area contributed by atoms with Crippen LogP contribution in [0.1, 0.15) is 41.1 Å². The van der Waals surface area contributed by atoms with Crippen molar-refractivity contribution in [2.75, 3.05) is 32.8 Å². The van der Waals surface area contributed by atoms with Gasteiger partial charge in [0.1, 0.15) is 13.1 Å². The summed E-state index contributed by atoms with van der Waals surface area (Å²) in [5.74, 6) is 0. The molecule has 2 aliphatic rings. The zero-order chi connectivity index (χ0) is 20.3. The van der Waals surface area contributed by atoms with E-state index in [-0.39, 0.29) is 6.04 Å². The molecule has 0 unspecified atom stereocenters. The van der Waals surface area contributed by atoms with E-state index in [0.29, 0.717) is 4.90 Å². The van der Waals surface area contributed by atoms with Gasteiger partial charge < -0.3 is 9.64 Å². The summed E-state index contributed by atoms with van der Waals surface area (Å²) in [4.78, 5) is 1.75. The molecule has 1 saturated heterocycles. The third-order valence-corrected chi connectivity index (χ3v) is 7.57. The number of ether oxygens (including phenoxy) is 1. The molecule has 2 aromatic carbocycles. The van der Waals surface area contributed by atoms with Crippen molar-refractivity contribution < 1.29 is 18.1 Å². The number of benzene rings is 2. The molecule has 0 aromatic heterocycles. The molecule has 0 radical (unpaired) electrons. The lowest BCUT2D eigenvalue weighted by Gasteiger charge is -2.28. The Balaban J connectivity index is 1.59. The number of rotatable bonds is 6. The monoisotopic (exact) mass is 415 g/mol. The van der Waals surface area contributed by atoms with E-state index in [2.05, 4.69) is 4.72 Å². The molecule has 0 saturated carbocycles. The second-order valence-corrected chi connectivity index (χ2v) is 10.0. The lowest BCUT2D eigenvalue weighted by molar-refractivity contribution is -0.909. The van der Waals surface area contributed by atoms with Gasteiger partial charge in [0.15, 0.2) is 0 Å². The van der Waals surface area contributed by atoms with Crippen LogP contribution in [-0.2, 0) is 27.6 Å². The molecule has 2 N–H and O–H groups in total. The first kappa shape index (κ1) is 20.5. The SMILES string of the molecule is Cc1ccc([C@@H](C[NH+]2CCOCC2)NS(=O)(=O)c2ccc3c(c2)CCCC3)cc1. The maximum Gasteiger partial charge on any atom is 0.241 e. The van der Waals surface area contributed by atoms with Crippen LogP contribution in [0.4, 0.5) is 0 Å². The first-order valence-corrected chi connectivity index (χ1v) is 12.1. The molecule has 2 aromatic rings. The summed E-state index contributed by atoms with van der Waals surface area (Å²) in [6.45, 7) is 6.03. The predicted octanol–water partition coefficient (Wildman–Crippen LogP) is 1.81. The zero-order valence-electron chi connectivity index (χ0n) is 17.1. The normalized spacial score (nSPS) is 18.9. The van der Waals surface area contributed by atoms with Crippen LogP contribution in [-0.4, -0.2) is 41.3 Å². The first-order valence-electron chi connectivity index (χ1n) is 10.6. The van der Waals surface area contributed by atoms with Crippen molar-refractivity contribution >= 4 is 10.0 Å². The molecule has 1 heterocycles. The van der Waals surface area contributed by atoms with Gasteiger partial charge >= 0.3 is 0 Å². The molecule has 29 heavy (non-hydrogen) atoms. The average Bonchev–Trinajstić information content (AvgIpc) is 2.74. The maximum atomic E-state index is 13.3. The van der Waals surface area contributed by atoms with Crippen LogP contribution >= 0.6 is 0 Å². The van der Waals surface area contributed by atoms with Crippen molar-refractivity contribution in [3.8, 4) is 0 Å². The van der Waals surface area contributed by atoms with Gasteiger partial charge in [-0.05, 0) is 61.4 Å². The van der Waals surface area contributed by atoms with Crippen molar-refractivity contribution in [1.29, 1.82) is 0 Å². The fourth-order valence-electron chi connectivity index (χ4n) is 4.31. The van der Waals surface area contributed by atoms with Gasteiger partial charge in [-0.2, -0.15) is 4.72 Å². The number of morpholine rings is 1. The topological polar surface area (TPSA) is 59.8 Å². The summed E-state index contributed by atoms with van der Waals surface area (Å²) < 4.78 is 35.0. The van der Waals surface area contributed by atoms with Gasteiger partial charge in [0.25, 0.3) is 0 Å². The molecule has 156 valence electrons. The summed E-state index contributed by atoms with van der Waals surface area (Å²) in [5, 5.41) is 0. The van der Waals surface area contributed by atoms with Crippen LogP contribution in [0, 0.1) is 6.92 Å². The fraction of sp³-hybridized carbons (Fsp3) is 0.478. The Kier molecular flexibility index (Phi) is 6.35. The molecule has 5 nitrogen and oxygen atoms in total. The third-order valence-electron chi connectivity index (χ3n) is 6.10. The average molecular weight is 416 g/mol. The second kappa shape index (κ2) is 8.96. The number of nitrogens with one attached hydrogen (secondary N) is 2. The van der Waals surface area contributed by atoms with Crippen LogP contribution < -0.4 is 9.62 Å². The van der Waals surface area contributed by atoms with Crippen LogP contribution in [0.3, 0.4) is 0 Å². The van der Waals surface area contributed by atoms with Crippen molar-refractivity contribution in [2.24, 2.45) is 0 Å². The van der Waals surface area contributed by atoms with E-state index in [1.54, 1.807) is 6.07 Å². The second-order valence-electron chi connectivity index (χ2n) is 8.29. The van der Waals surface area contributed by atoms with Crippen molar-refractivity contribution in [3.63, 3.8) is 0 Å². The van der Waals surface area contributed by atoms with Gasteiger partial charge in [-0.3, -0.25) is 0 Å². The molecular weight excluding hydrogens is 384 g/mol. The Bertz CT molecular complexity index is 935. The van der Waals surface area contributed by atoms with Crippen LogP contribution in [0.15, 0.2) is 47.4 Å². The number of sulfonamides is 1. The molecule has 0 bridgehead atoms. The Morgan fingerprint density at radius 1 is 1.00 bits per heavy atom. The van der Waals surface area contributed by atoms with E-state index in [9.17, 15) is 8.42 Å². The summed E-state index contributed by atoms with van der Waals surface area (Å²) in [5.41, 5.74) is 4.66. The summed E-state index contributed by atoms with van der Waals surface area (Å²) in [6.07, 6.45) is 4.35. The molecule has 1 aliphatic heterocycles. The minimum Gasteiger partial charge on any atom is -0.370 e. The van der Waals surface area contributed by atoms with Gasteiger partial charge in [-0.15, -0.1) is 0 Å². The third kappa shape index (κ3) is 5.07. The van der Waals surface area contributed by atoms with Gasteiger partial charge in [0.2, 0.25) is 10.0 Å². The quantitative estimate of drug-likeness (QED) is 0.757. The van der Waals surface area contributed by atoms with E-state index in [1.807, 2.05) is 43.3 Å². The predicted molar refractivity (Wildman–Crippen MR) is 114 cm³/mol. The van der Waals surface area contributed by atoms with Crippen LogP contribution in [0.5, 0.6) is 0 Å². The van der Waals surface area contributed by atoms with Crippen molar-refractivity contribution in [2.45, 2.75) is 43.5 Å². The van der Waals surface area contributed by atoms with Gasteiger partial charge in [-0.25, -0.2) is 8.42 Å². The number of hydrogen-bond donors (Lipinski definition) is 2.